The van der Waals surface area contributed by atoms with E-state index in [1.807, 2.05) is 32.0 Å². The Kier molecular flexibility index (Phi) is 6.01. The van der Waals surface area contributed by atoms with Gasteiger partial charge in [0.05, 0.1) is 22.0 Å². The Morgan fingerprint density at radius 1 is 1.21 bits per heavy atom. The van der Waals surface area contributed by atoms with Gasteiger partial charge < -0.3 is 9.32 Å². The molecule has 2 aromatic heterocycles. The fourth-order valence-electron chi connectivity index (χ4n) is 3.61. The fraction of sp³-hybridized carbons (Fsp3) is 0.409. The van der Waals surface area contributed by atoms with Gasteiger partial charge in [0.25, 0.3) is 5.91 Å². The molecule has 5 nitrogen and oxygen atoms in total. The summed E-state index contributed by atoms with van der Waals surface area (Å²) in [6.07, 6.45) is 5.85. The standard InChI is InChI=1S/C22H24ClN3O2S/c1-14(2)26(22(27)19-12-15-8-4-3-5-11-18(15)29-19)13-20-24-25-21(28-20)16-9-6-7-10-17(16)23/h6-7,9-10,12,14H,3-5,8,11,13H2,1-2H3. The van der Waals surface area contributed by atoms with Crippen molar-refractivity contribution in [1.29, 1.82) is 0 Å². The lowest BCUT2D eigenvalue weighted by Gasteiger charge is -2.24. The van der Waals surface area contributed by atoms with Gasteiger partial charge in [0, 0.05) is 10.9 Å². The van der Waals surface area contributed by atoms with Crippen LogP contribution in [0, 0.1) is 0 Å². The highest BCUT2D eigenvalue weighted by Crippen LogP contribution is 2.31. The number of hydrogen-bond donors (Lipinski definition) is 0. The highest BCUT2D eigenvalue weighted by Gasteiger charge is 2.25. The Labute approximate surface area is 179 Å². The van der Waals surface area contributed by atoms with Crippen LogP contribution in [0.1, 0.15) is 59.1 Å². The highest BCUT2D eigenvalue weighted by molar-refractivity contribution is 7.14. The first-order valence-electron chi connectivity index (χ1n) is 10.0. The van der Waals surface area contributed by atoms with Crippen molar-refractivity contribution < 1.29 is 9.21 Å². The smallest absolute Gasteiger partial charge is 0.264 e. The zero-order chi connectivity index (χ0) is 20.4. The number of nitrogens with zero attached hydrogens (tertiary/aromatic N) is 3. The van der Waals surface area contributed by atoms with Crippen molar-refractivity contribution >= 4 is 28.8 Å². The van der Waals surface area contributed by atoms with Gasteiger partial charge in [0.15, 0.2) is 0 Å². The van der Waals surface area contributed by atoms with E-state index in [1.165, 1.54) is 29.7 Å². The molecule has 0 atom stereocenters. The summed E-state index contributed by atoms with van der Waals surface area (Å²) in [5.74, 6) is 0.792. The van der Waals surface area contributed by atoms with Gasteiger partial charge in [0.2, 0.25) is 11.8 Å². The monoisotopic (exact) mass is 429 g/mol. The average molecular weight is 430 g/mol. The minimum Gasteiger partial charge on any atom is -0.419 e. The van der Waals surface area contributed by atoms with Crippen LogP contribution in [0.15, 0.2) is 34.7 Å². The lowest BCUT2D eigenvalue weighted by molar-refractivity contribution is 0.0677. The minimum absolute atomic E-state index is 0.0140. The van der Waals surface area contributed by atoms with Crippen molar-refractivity contribution in [2.75, 3.05) is 0 Å². The van der Waals surface area contributed by atoms with Gasteiger partial charge in [0.1, 0.15) is 0 Å². The summed E-state index contributed by atoms with van der Waals surface area (Å²) in [6.45, 7) is 4.28. The van der Waals surface area contributed by atoms with Crippen LogP contribution in [0.4, 0.5) is 0 Å². The van der Waals surface area contributed by atoms with E-state index in [9.17, 15) is 4.79 Å². The molecular weight excluding hydrogens is 406 g/mol. The van der Waals surface area contributed by atoms with Crippen LogP contribution in [0.3, 0.4) is 0 Å². The predicted octanol–water partition coefficient (Wildman–Crippen LogP) is 5.77. The number of rotatable bonds is 5. The lowest BCUT2D eigenvalue weighted by Crippen LogP contribution is -2.36. The Morgan fingerprint density at radius 3 is 2.79 bits per heavy atom. The van der Waals surface area contributed by atoms with Crippen LogP contribution in [-0.2, 0) is 19.4 Å². The Morgan fingerprint density at radius 2 is 2.00 bits per heavy atom. The van der Waals surface area contributed by atoms with Crippen LogP contribution >= 0.6 is 22.9 Å². The summed E-state index contributed by atoms with van der Waals surface area (Å²) < 4.78 is 5.82. The number of fused-ring (bicyclic) bond motifs is 1. The SMILES string of the molecule is CC(C)N(Cc1nnc(-c2ccccc2Cl)o1)C(=O)c1cc2c(s1)CCCCC2. The molecule has 1 aliphatic carbocycles. The number of hydrogen-bond acceptors (Lipinski definition) is 5. The van der Waals surface area contributed by atoms with Crippen molar-refractivity contribution in [3.63, 3.8) is 0 Å². The number of amides is 1. The van der Waals surface area contributed by atoms with Gasteiger partial charge in [-0.1, -0.05) is 30.2 Å². The third-order valence-corrected chi connectivity index (χ3v) is 6.77. The molecule has 0 radical (unpaired) electrons. The van der Waals surface area contributed by atoms with Crippen LogP contribution < -0.4 is 0 Å². The molecule has 0 unspecified atom stereocenters. The van der Waals surface area contributed by atoms with Gasteiger partial charge in [-0.3, -0.25) is 4.79 Å². The topological polar surface area (TPSA) is 59.2 Å². The zero-order valence-corrected chi connectivity index (χ0v) is 18.2. The Bertz CT molecular complexity index is 988. The second kappa shape index (κ2) is 8.67. The van der Waals surface area contributed by atoms with Crippen LogP contribution in [0.5, 0.6) is 0 Å². The van der Waals surface area contributed by atoms with Crippen molar-refractivity contribution in [2.45, 2.75) is 58.5 Å². The first-order chi connectivity index (χ1) is 14.0. The maximum atomic E-state index is 13.3. The predicted molar refractivity (Wildman–Crippen MR) is 115 cm³/mol. The molecule has 0 N–H and O–H groups in total. The van der Waals surface area contributed by atoms with E-state index in [0.29, 0.717) is 22.4 Å². The molecule has 0 bridgehead atoms. The molecule has 4 rings (SSSR count). The van der Waals surface area contributed by atoms with E-state index in [2.05, 4.69) is 16.3 Å². The molecule has 2 heterocycles. The van der Waals surface area contributed by atoms with Gasteiger partial charge >= 0.3 is 0 Å². The zero-order valence-electron chi connectivity index (χ0n) is 16.7. The highest BCUT2D eigenvalue weighted by atomic mass is 35.5. The molecule has 0 fully saturated rings. The van der Waals surface area contributed by atoms with E-state index in [4.69, 9.17) is 16.0 Å². The summed E-state index contributed by atoms with van der Waals surface area (Å²) in [6, 6.07) is 9.45. The molecule has 7 heteroatoms. The first-order valence-corrected chi connectivity index (χ1v) is 11.2. The van der Waals surface area contributed by atoms with E-state index < -0.39 is 0 Å². The van der Waals surface area contributed by atoms with E-state index in [-0.39, 0.29) is 18.5 Å². The number of halogens is 1. The van der Waals surface area contributed by atoms with Gasteiger partial charge in [-0.05, 0) is 63.3 Å². The maximum absolute atomic E-state index is 13.3. The lowest BCUT2D eigenvalue weighted by atomic mass is 10.1. The van der Waals surface area contributed by atoms with E-state index >= 15 is 0 Å². The summed E-state index contributed by atoms with van der Waals surface area (Å²) in [5.41, 5.74) is 2.04. The number of aromatic nitrogens is 2. The molecule has 1 aromatic carbocycles. The second-order valence-corrected chi connectivity index (χ2v) is 9.17. The maximum Gasteiger partial charge on any atom is 0.264 e. The number of aryl methyl sites for hydroxylation is 2. The summed E-state index contributed by atoms with van der Waals surface area (Å²) in [4.78, 5) is 17.2. The van der Waals surface area contributed by atoms with Gasteiger partial charge in [-0.25, -0.2) is 0 Å². The summed E-state index contributed by atoms with van der Waals surface area (Å²) >= 11 is 7.87. The first kappa shape index (κ1) is 20.1. The third-order valence-electron chi connectivity index (χ3n) is 5.22. The minimum atomic E-state index is 0.0140. The normalized spacial score (nSPS) is 13.9. The Hall–Kier alpha value is -2.18. The molecule has 1 aliphatic rings. The van der Waals surface area contributed by atoms with Crippen molar-refractivity contribution in [2.24, 2.45) is 0 Å². The van der Waals surface area contributed by atoms with Crippen LogP contribution in [-0.4, -0.2) is 27.0 Å². The average Bonchev–Trinajstić information content (AvgIpc) is 3.27. The van der Waals surface area contributed by atoms with Crippen molar-refractivity contribution in [3.05, 3.63) is 56.6 Å². The molecule has 152 valence electrons. The van der Waals surface area contributed by atoms with Crippen LogP contribution in [0.2, 0.25) is 5.02 Å². The van der Waals surface area contributed by atoms with Gasteiger partial charge in [-0.15, -0.1) is 21.5 Å². The molecule has 0 spiro atoms. The van der Waals surface area contributed by atoms with E-state index in [1.54, 1.807) is 22.3 Å². The van der Waals surface area contributed by atoms with E-state index in [0.717, 1.165) is 17.7 Å². The molecule has 0 saturated carbocycles. The molecule has 29 heavy (non-hydrogen) atoms. The number of carbonyl (C=O) groups excluding carboxylic acids is 1. The molecule has 1 amide bonds. The van der Waals surface area contributed by atoms with Crippen molar-refractivity contribution in [3.8, 4) is 11.5 Å². The fourth-order valence-corrected chi connectivity index (χ4v) is 5.04. The number of thiophene rings is 1. The quantitative estimate of drug-likeness (QED) is 0.483. The molecule has 0 aliphatic heterocycles. The molecule has 3 aromatic rings. The molecular formula is C22H24ClN3O2S. The van der Waals surface area contributed by atoms with Crippen LogP contribution in [0.25, 0.3) is 11.5 Å². The summed E-state index contributed by atoms with van der Waals surface area (Å²) in [5, 5.41) is 8.82. The second-order valence-electron chi connectivity index (χ2n) is 7.63. The third kappa shape index (κ3) is 4.38. The number of carbonyl (C=O) groups is 1. The summed E-state index contributed by atoms with van der Waals surface area (Å²) in [7, 11) is 0. The van der Waals surface area contributed by atoms with Gasteiger partial charge in [-0.2, -0.15) is 0 Å². The Balaban J connectivity index is 1.54. The number of benzene rings is 1. The largest absolute Gasteiger partial charge is 0.419 e. The van der Waals surface area contributed by atoms with Crippen molar-refractivity contribution in [1.82, 2.24) is 15.1 Å². The molecule has 0 saturated heterocycles.